The zero-order valence-electron chi connectivity index (χ0n) is 11.2. The molecule has 0 bridgehead atoms. The first-order valence-electron chi connectivity index (χ1n) is 6.06. The average molecular weight is 276 g/mol. The van der Waals surface area contributed by atoms with Crippen molar-refractivity contribution in [3.8, 4) is 11.4 Å². The Labute approximate surface area is 115 Å². The normalized spacial score (nSPS) is 13.7. The monoisotopic (exact) mass is 276 g/mol. The van der Waals surface area contributed by atoms with E-state index in [0.717, 1.165) is 45.5 Å². The number of hydrogen-bond acceptors (Lipinski definition) is 6. The molecular formula is C12H16N6S. The first-order valence-corrected chi connectivity index (χ1v) is 7.22. The number of hydrogen-bond donors (Lipinski definition) is 2. The topological polar surface area (TPSA) is 81.7 Å². The third-order valence-electron chi connectivity index (χ3n) is 3.45. The molecule has 3 N–H and O–H groups in total. The average Bonchev–Trinajstić information content (AvgIpc) is 2.94. The lowest BCUT2D eigenvalue weighted by atomic mass is 10.1. The maximum atomic E-state index is 5.58. The highest BCUT2D eigenvalue weighted by atomic mass is 32.2. The molecule has 100 valence electrons. The van der Waals surface area contributed by atoms with Gasteiger partial charge in [0.25, 0.3) is 0 Å². The van der Waals surface area contributed by atoms with E-state index in [2.05, 4.69) is 20.5 Å². The van der Waals surface area contributed by atoms with Gasteiger partial charge in [0.2, 0.25) is 0 Å². The van der Waals surface area contributed by atoms with E-state index in [4.69, 9.17) is 5.84 Å². The largest absolute Gasteiger partial charge is 0.308 e. The van der Waals surface area contributed by atoms with Gasteiger partial charge in [0.1, 0.15) is 5.82 Å². The standard InChI is InChI=1S/C12H16N6S/c1-6-10(7(2)18(3)17-6)12-14-9-5-19-4-8(9)11(15-12)16-13/h4-5,13H2,1-3H3,(H,14,15,16). The molecule has 0 saturated heterocycles. The van der Waals surface area contributed by atoms with Gasteiger partial charge in [-0.05, 0) is 13.8 Å². The molecule has 19 heavy (non-hydrogen) atoms. The zero-order valence-corrected chi connectivity index (χ0v) is 12.0. The second kappa shape index (κ2) is 4.50. The first kappa shape index (κ1) is 12.4. The third-order valence-corrected chi connectivity index (χ3v) is 4.42. The Morgan fingerprint density at radius 3 is 2.68 bits per heavy atom. The number of thioether (sulfide) groups is 1. The summed E-state index contributed by atoms with van der Waals surface area (Å²) in [5.74, 6) is 8.85. The number of aryl methyl sites for hydroxylation is 2. The lowest BCUT2D eigenvalue weighted by Gasteiger charge is -2.09. The van der Waals surface area contributed by atoms with Crippen LogP contribution in [0.1, 0.15) is 22.6 Å². The van der Waals surface area contributed by atoms with Crippen LogP contribution in [0.25, 0.3) is 11.4 Å². The van der Waals surface area contributed by atoms with E-state index in [1.54, 1.807) is 0 Å². The quantitative estimate of drug-likeness (QED) is 0.639. The van der Waals surface area contributed by atoms with Crippen molar-refractivity contribution in [2.45, 2.75) is 25.4 Å². The molecule has 6 nitrogen and oxygen atoms in total. The van der Waals surface area contributed by atoms with E-state index < -0.39 is 0 Å². The van der Waals surface area contributed by atoms with E-state index in [1.165, 1.54) is 0 Å². The SMILES string of the molecule is Cc1nn(C)c(C)c1-c1nc2c(c(NN)n1)CSC2. The Hall–Kier alpha value is -1.60. The van der Waals surface area contributed by atoms with Crippen LogP contribution in [-0.2, 0) is 18.6 Å². The second-order valence-electron chi connectivity index (χ2n) is 4.63. The van der Waals surface area contributed by atoms with Crippen LogP contribution in [0.2, 0.25) is 0 Å². The molecule has 0 saturated carbocycles. The summed E-state index contributed by atoms with van der Waals surface area (Å²) in [5.41, 5.74) is 7.89. The minimum absolute atomic E-state index is 0.706. The number of anilines is 1. The Bertz CT molecular complexity index is 648. The number of nitrogens with zero attached hydrogens (tertiary/aromatic N) is 4. The number of nitrogens with two attached hydrogens (primary N) is 1. The molecule has 0 unspecified atom stereocenters. The Kier molecular flexibility index (Phi) is 2.94. The Balaban J connectivity index is 2.21. The lowest BCUT2D eigenvalue weighted by Crippen LogP contribution is -2.13. The number of aromatic nitrogens is 4. The van der Waals surface area contributed by atoms with Crippen LogP contribution < -0.4 is 11.3 Å². The zero-order chi connectivity index (χ0) is 13.6. The van der Waals surface area contributed by atoms with Crippen LogP contribution in [0.5, 0.6) is 0 Å². The van der Waals surface area contributed by atoms with Gasteiger partial charge in [0, 0.05) is 29.8 Å². The van der Waals surface area contributed by atoms with E-state index >= 15 is 0 Å². The van der Waals surface area contributed by atoms with E-state index in [1.807, 2.05) is 37.3 Å². The number of nitrogen functional groups attached to an aromatic ring is 1. The van der Waals surface area contributed by atoms with Crippen molar-refractivity contribution in [2.75, 3.05) is 5.43 Å². The van der Waals surface area contributed by atoms with Crippen LogP contribution in [0, 0.1) is 13.8 Å². The van der Waals surface area contributed by atoms with Gasteiger partial charge in [0.15, 0.2) is 5.82 Å². The van der Waals surface area contributed by atoms with Crippen molar-refractivity contribution >= 4 is 17.6 Å². The number of nitrogens with one attached hydrogen (secondary N) is 1. The molecular weight excluding hydrogens is 260 g/mol. The number of hydrazine groups is 1. The fourth-order valence-electron chi connectivity index (χ4n) is 2.38. The van der Waals surface area contributed by atoms with Gasteiger partial charge in [-0.3, -0.25) is 4.68 Å². The first-order chi connectivity index (χ1) is 9.11. The molecule has 3 heterocycles. The van der Waals surface area contributed by atoms with Crippen LogP contribution in [0.3, 0.4) is 0 Å². The van der Waals surface area contributed by atoms with Crippen molar-refractivity contribution in [1.82, 2.24) is 19.7 Å². The molecule has 3 rings (SSSR count). The number of rotatable bonds is 2. The van der Waals surface area contributed by atoms with Crippen LogP contribution in [0.15, 0.2) is 0 Å². The third kappa shape index (κ3) is 1.89. The fraction of sp³-hybridized carbons (Fsp3) is 0.417. The molecule has 1 aliphatic heterocycles. The summed E-state index contributed by atoms with van der Waals surface area (Å²) in [6.45, 7) is 4.00. The van der Waals surface area contributed by atoms with Gasteiger partial charge in [-0.2, -0.15) is 16.9 Å². The second-order valence-corrected chi connectivity index (χ2v) is 5.61. The Morgan fingerprint density at radius 1 is 1.26 bits per heavy atom. The van der Waals surface area contributed by atoms with Crippen molar-refractivity contribution in [3.63, 3.8) is 0 Å². The van der Waals surface area contributed by atoms with Gasteiger partial charge < -0.3 is 5.43 Å². The van der Waals surface area contributed by atoms with Crippen LogP contribution in [-0.4, -0.2) is 19.7 Å². The van der Waals surface area contributed by atoms with Crippen molar-refractivity contribution in [1.29, 1.82) is 0 Å². The smallest absolute Gasteiger partial charge is 0.165 e. The molecule has 0 radical (unpaired) electrons. The molecule has 0 amide bonds. The summed E-state index contributed by atoms with van der Waals surface area (Å²) >= 11 is 1.83. The molecule has 0 spiro atoms. The highest BCUT2D eigenvalue weighted by Gasteiger charge is 2.22. The van der Waals surface area contributed by atoms with Gasteiger partial charge in [-0.25, -0.2) is 15.8 Å². The molecule has 0 atom stereocenters. The number of fused-ring (bicyclic) bond motifs is 1. The molecule has 1 aliphatic rings. The molecule has 0 aliphatic carbocycles. The van der Waals surface area contributed by atoms with Crippen molar-refractivity contribution < 1.29 is 0 Å². The van der Waals surface area contributed by atoms with E-state index in [-0.39, 0.29) is 0 Å². The van der Waals surface area contributed by atoms with Crippen LogP contribution >= 0.6 is 11.8 Å². The lowest BCUT2D eigenvalue weighted by molar-refractivity contribution is 0.731. The molecule has 0 aromatic carbocycles. The Morgan fingerprint density at radius 2 is 2.05 bits per heavy atom. The van der Waals surface area contributed by atoms with E-state index in [9.17, 15) is 0 Å². The van der Waals surface area contributed by atoms with Gasteiger partial charge in [-0.15, -0.1) is 0 Å². The summed E-state index contributed by atoms with van der Waals surface area (Å²) < 4.78 is 1.85. The summed E-state index contributed by atoms with van der Waals surface area (Å²) in [5, 5.41) is 4.42. The summed E-state index contributed by atoms with van der Waals surface area (Å²) in [4.78, 5) is 9.24. The predicted molar refractivity (Wildman–Crippen MR) is 76.5 cm³/mol. The molecule has 2 aromatic heterocycles. The summed E-state index contributed by atoms with van der Waals surface area (Å²) in [6, 6.07) is 0. The fourth-order valence-corrected chi connectivity index (χ4v) is 3.42. The summed E-state index contributed by atoms with van der Waals surface area (Å²) in [7, 11) is 1.93. The maximum Gasteiger partial charge on any atom is 0.165 e. The molecule has 7 heteroatoms. The van der Waals surface area contributed by atoms with Gasteiger partial charge in [0.05, 0.1) is 17.0 Å². The van der Waals surface area contributed by atoms with Crippen LogP contribution in [0.4, 0.5) is 5.82 Å². The van der Waals surface area contributed by atoms with Gasteiger partial charge in [-0.1, -0.05) is 0 Å². The van der Waals surface area contributed by atoms with Crippen molar-refractivity contribution in [2.24, 2.45) is 12.9 Å². The maximum absolute atomic E-state index is 5.58. The minimum atomic E-state index is 0.706. The van der Waals surface area contributed by atoms with Gasteiger partial charge >= 0.3 is 0 Å². The van der Waals surface area contributed by atoms with E-state index in [0.29, 0.717) is 5.82 Å². The molecule has 2 aromatic rings. The highest BCUT2D eigenvalue weighted by Crippen LogP contribution is 2.35. The highest BCUT2D eigenvalue weighted by molar-refractivity contribution is 7.98. The molecule has 0 fully saturated rings. The summed E-state index contributed by atoms with van der Waals surface area (Å²) in [6.07, 6.45) is 0. The van der Waals surface area contributed by atoms with Crippen molar-refractivity contribution in [3.05, 3.63) is 22.6 Å². The predicted octanol–water partition coefficient (Wildman–Crippen LogP) is 1.53. The minimum Gasteiger partial charge on any atom is -0.308 e.